The molecule has 1 aromatic rings. The zero-order valence-corrected chi connectivity index (χ0v) is 10.0. The van der Waals surface area contributed by atoms with Gasteiger partial charge in [0.1, 0.15) is 0 Å². The summed E-state index contributed by atoms with van der Waals surface area (Å²) < 4.78 is 0. The molecule has 0 spiro atoms. The first-order chi connectivity index (χ1) is 6.79. The first kappa shape index (κ1) is 10.4. The molecule has 0 N–H and O–H groups in total. The SMILES string of the molecule is Sc1cccc(C2CCCCC2)c1S. The Morgan fingerprint density at radius 2 is 1.71 bits per heavy atom. The maximum atomic E-state index is 4.55. The van der Waals surface area contributed by atoms with Gasteiger partial charge >= 0.3 is 0 Å². The molecule has 1 aliphatic carbocycles. The van der Waals surface area contributed by atoms with Crippen molar-refractivity contribution in [1.29, 1.82) is 0 Å². The van der Waals surface area contributed by atoms with Crippen LogP contribution in [0.2, 0.25) is 0 Å². The first-order valence-electron chi connectivity index (χ1n) is 5.30. The summed E-state index contributed by atoms with van der Waals surface area (Å²) >= 11 is 8.96. The largest absolute Gasteiger partial charge is 0.142 e. The maximum Gasteiger partial charge on any atom is 0.0209 e. The maximum absolute atomic E-state index is 4.55. The summed E-state index contributed by atoms with van der Waals surface area (Å²) in [4.78, 5) is 2.10. The first-order valence-corrected chi connectivity index (χ1v) is 6.19. The zero-order chi connectivity index (χ0) is 9.97. The van der Waals surface area contributed by atoms with Crippen molar-refractivity contribution < 1.29 is 0 Å². The van der Waals surface area contributed by atoms with E-state index in [1.807, 2.05) is 6.07 Å². The summed E-state index contributed by atoms with van der Waals surface area (Å²) in [7, 11) is 0. The fourth-order valence-corrected chi connectivity index (χ4v) is 2.84. The van der Waals surface area contributed by atoms with Crippen LogP contribution in [0, 0.1) is 0 Å². The Morgan fingerprint density at radius 3 is 2.43 bits per heavy atom. The molecule has 0 aliphatic heterocycles. The second-order valence-electron chi connectivity index (χ2n) is 4.05. The Bertz CT molecular complexity index is 314. The van der Waals surface area contributed by atoms with Crippen LogP contribution in [-0.2, 0) is 0 Å². The van der Waals surface area contributed by atoms with Crippen molar-refractivity contribution in [2.24, 2.45) is 0 Å². The third kappa shape index (κ3) is 2.12. The minimum atomic E-state index is 0.725. The molecule has 0 heterocycles. The smallest absolute Gasteiger partial charge is 0.0209 e. The van der Waals surface area contributed by atoms with Crippen LogP contribution < -0.4 is 0 Å². The van der Waals surface area contributed by atoms with Crippen molar-refractivity contribution in [1.82, 2.24) is 0 Å². The predicted octanol–water partition coefficient (Wildman–Crippen LogP) is 4.31. The second-order valence-corrected chi connectivity index (χ2v) is 4.98. The summed E-state index contributed by atoms with van der Waals surface area (Å²) in [6.07, 6.45) is 6.79. The highest BCUT2D eigenvalue weighted by Crippen LogP contribution is 2.37. The van der Waals surface area contributed by atoms with Crippen LogP contribution in [0.3, 0.4) is 0 Å². The molecule has 0 nitrogen and oxygen atoms in total. The molecule has 0 radical (unpaired) electrons. The average Bonchev–Trinajstić information content (AvgIpc) is 2.23. The van der Waals surface area contributed by atoms with Gasteiger partial charge in [-0.3, -0.25) is 0 Å². The summed E-state index contributed by atoms with van der Waals surface area (Å²) in [5.74, 6) is 0.725. The van der Waals surface area contributed by atoms with Gasteiger partial charge in [0.2, 0.25) is 0 Å². The molecule has 76 valence electrons. The molecule has 0 bridgehead atoms. The Labute approximate surface area is 96.9 Å². The lowest BCUT2D eigenvalue weighted by molar-refractivity contribution is 0.439. The van der Waals surface area contributed by atoms with E-state index in [1.165, 1.54) is 37.7 Å². The minimum absolute atomic E-state index is 0.725. The number of rotatable bonds is 1. The summed E-state index contributed by atoms with van der Waals surface area (Å²) in [5, 5.41) is 0. The monoisotopic (exact) mass is 224 g/mol. The van der Waals surface area contributed by atoms with Crippen LogP contribution in [0.25, 0.3) is 0 Å². The third-order valence-electron chi connectivity index (χ3n) is 3.09. The zero-order valence-electron chi connectivity index (χ0n) is 8.24. The minimum Gasteiger partial charge on any atom is -0.142 e. The predicted molar refractivity (Wildman–Crippen MR) is 66.8 cm³/mol. The highest BCUT2D eigenvalue weighted by Gasteiger charge is 2.17. The van der Waals surface area contributed by atoms with E-state index in [0.29, 0.717) is 0 Å². The fraction of sp³-hybridized carbons (Fsp3) is 0.500. The van der Waals surface area contributed by atoms with Crippen LogP contribution in [0.1, 0.15) is 43.6 Å². The van der Waals surface area contributed by atoms with Gasteiger partial charge in [-0.15, -0.1) is 25.3 Å². The van der Waals surface area contributed by atoms with Gasteiger partial charge in [-0.05, 0) is 30.4 Å². The molecule has 1 aromatic carbocycles. The molecule has 0 aromatic heterocycles. The van der Waals surface area contributed by atoms with Gasteiger partial charge in [0.25, 0.3) is 0 Å². The van der Waals surface area contributed by atoms with Gasteiger partial charge in [0.15, 0.2) is 0 Å². The van der Waals surface area contributed by atoms with Crippen molar-refractivity contribution in [2.75, 3.05) is 0 Å². The Balaban J connectivity index is 2.26. The van der Waals surface area contributed by atoms with Crippen LogP contribution >= 0.6 is 25.3 Å². The molecular weight excluding hydrogens is 208 g/mol. The van der Waals surface area contributed by atoms with Crippen LogP contribution in [0.4, 0.5) is 0 Å². The lowest BCUT2D eigenvalue weighted by atomic mass is 9.84. The number of hydrogen-bond donors (Lipinski definition) is 2. The molecule has 2 heteroatoms. The van der Waals surface area contributed by atoms with Gasteiger partial charge in [0.05, 0.1) is 0 Å². The molecule has 1 saturated carbocycles. The number of thiol groups is 2. The van der Waals surface area contributed by atoms with Crippen molar-refractivity contribution in [3.63, 3.8) is 0 Å². The van der Waals surface area contributed by atoms with Gasteiger partial charge in [-0.1, -0.05) is 31.4 Å². The molecular formula is C12H16S2. The van der Waals surface area contributed by atoms with E-state index in [-0.39, 0.29) is 0 Å². The van der Waals surface area contributed by atoms with Crippen molar-refractivity contribution >= 4 is 25.3 Å². The molecule has 1 fully saturated rings. The number of hydrogen-bond acceptors (Lipinski definition) is 2. The van der Waals surface area contributed by atoms with Gasteiger partial charge in [-0.2, -0.15) is 0 Å². The quantitative estimate of drug-likeness (QED) is 0.652. The summed E-state index contributed by atoms with van der Waals surface area (Å²) in [6.45, 7) is 0. The summed E-state index contributed by atoms with van der Waals surface area (Å²) in [6, 6.07) is 6.31. The van der Waals surface area contributed by atoms with Gasteiger partial charge in [0, 0.05) is 9.79 Å². The molecule has 0 saturated heterocycles. The standard InChI is InChI=1S/C12H16S2/c13-11-8-4-7-10(12(11)14)9-5-2-1-3-6-9/h4,7-9,13-14H,1-3,5-6H2. The van der Waals surface area contributed by atoms with Crippen LogP contribution in [0.15, 0.2) is 28.0 Å². The molecule has 14 heavy (non-hydrogen) atoms. The van der Waals surface area contributed by atoms with E-state index in [2.05, 4.69) is 37.4 Å². The number of benzene rings is 1. The lowest BCUT2D eigenvalue weighted by Gasteiger charge is -2.23. The Morgan fingerprint density at radius 1 is 1.00 bits per heavy atom. The van der Waals surface area contributed by atoms with E-state index in [1.54, 1.807) is 0 Å². The van der Waals surface area contributed by atoms with Gasteiger partial charge < -0.3 is 0 Å². The van der Waals surface area contributed by atoms with Crippen LogP contribution in [0.5, 0.6) is 0 Å². The van der Waals surface area contributed by atoms with Crippen molar-refractivity contribution in [3.8, 4) is 0 Å². The topological polar surface area (TPSA) is 0 Å². The van der Waals surface area contributed by atoms with E-state index in [0.717, 1.165) is 15.7 Å². The average molecular weight is 224 g/mol. The molecule has 0 unspecified atom stereocenters. The van der Waals surface area contributed by atoms with Crippen LogP contribution in [-0.4, -0.2) is 0 Å². The molecule has 2 rings (SSSR count). The van der Waals surface area contributed by atoms with E-state index >= 15 is 0 Å². The second kappa shape index (κ2) is 4.63. The Hall–Kier alpha value is -0.0800. The summed E-state index contributed by atoms with van der Waals surface area (Å²) in [5.41, 5.74) is 1.40. The normalized spacial score (nSPS) is 18.4. The molecule has 0 amide bonds. The van der Waals surface area contributed by atoms with E-state index < -0.39 is 0 Å². The fourth-order valence-electron chi connectivity index (χ4n) is 2.29. The van der Waals surface area contributed by atoms with E-state index in [4.69, 9.17) is 0 Å². The van der Waals surface area contributed by atoms with E-state index in [9.17, 15) is 0 Å². The highest BCUT2D eigenvalue weighted by atomic mass is 32.1. The Kier molecular flexibility index (Phi) is 3.45. The molecule has 1 aliphatic rings. The van der Waals surface area contributed by atoms with Crippen molar-refractivity contribution in [2.45, 2.75) is 47.8 Å². The van der Waals surface area contributed by atoms with Crippen molar-refractivity contribution in [3.05, 3.63) is 23.8 Å². The van der Waals surface area contributed by atoms with Gasteiger partial charge in [-0.25, -0.2) is 0 Å². The lowest BCUT2D eigenvalue weighted by Crippen LogP contribution is -2.05. The molecule has 0 atom stereocenters. The third-order valence-corrected chi connectivity index (χ3v) is 4.14. The highest BCUT2D eigenvalue weighted by molar-refractivity contribution is 7.83.